The van der Waals surface area contributed by atoms with E-state index in [0.29, 0.717) is 18.9 Å². The Morgan fingerprint density at radius 1 is 1.25 bits per heavy atom. The lowest BCUT2D eigenvalue weighted by Crippen LogP contribution is -2.33. The molecule has 2 amide bonds. The average molecular weight is 331 g/mol. The van der Waals surface area contributed by atoms with Gasteiger partial charge in [-0.15, -0.1) is 5.10 Å². The van der Waals surface area contributed by atoms with E-state index >= 15 is 0 Å². The van der Waals surface area contributed by atoms with Crippen molar-refractivity contribution in [1.29, 1.82) is 0 Å². The smallest absolute Gasteiger partial charge is 0.321 e. The van der Waals surface area contributed by atoms with Gasteiger partial charge in [-0.1, -0.05) is 12.1 Å². The van der Waals surface area contributed by atoms with Gasteiger partial charge >= 0.3 is 6.03 Å². The number of urea groups is 1. The first kappa shape index (κ1) is 17.9. The topological polar surface area (TPSA) is 79.2 Å². The fraction of sp³-hybridized carbons (Fsp3) is 0.500. The van der Waals surface area contributed by atoms with E-state index in [2.05, 4.69) is 25.7 Å². The Morgan fingerprint density at radius 3 is 2.75 bits per heavy atom. The summed E-state index contributed by atoms with van der Waals surface area (Å²) in [5.41, 5.74) is 1.59. The van der Waals surface area contributed by atoms with Crippen LogP contribution >= 0.6 is 0 Å². The van der Waals surface area contributed by atoms with E-state index in [9.17, 15) is 4.79 Å². The van der Waals surface area contributed by atoms with Gasteiger partial charge in [0, 0.05) is 31.4 Å². The van der Waals surface area contributed by atoms with E-state index < -0.39 is 0 Å². The van der Waals surface area contributed by atoms with Gasteiger partial charge < -0.3 is 15.1 Å². The van der Waals surface area contributed by atoms with Crippen molar-refractivity contribution in [2.45, 2.75) is 19.9 Å². The zero-order valence-corrected chi connectivity index (χ0v) is 14.7. The molecule has 1 heterocycles. The zero-order valence-electron chi connectivity index (χ0n) is 14.7. The second kappa shape index (κ2) is 8.39. The first-order valence-corrected chi connectivity index (χ1v) is 8.04. The summed E-state index contributed by atoms with van der Waals surface area (Å²) in [7, 11) is 5.84. The third-order valence-corrected chi connectivity index (χ3v) is 3.65. The fourth-order valence-electron chi connectivity index (χ4n) is 2.30. The van der Waals surface area contributed by atoms with E-state index in [0.717, 1.165) is 24.2 Å². The van der Waals surface area contributed by atoms with Crippen LogP contribution in [0.15, 0.2) is 24.3 Å². The van der Waals surface area contributed by atoms with Gasteiger partial charge in [-0.3, -0.25) is 0 Å². The molecule has 2 rings (SSSR count). The van der Waals surface area contributed by atoms with E-state index in [1.54, 1.807) is 16.6 Å². The molecular formula is C16H25N7O. The Balaban J connectivity index is 2.00. The molecule has 1 aromatic carbocycles. The van der Waals surface area contributed by atoms with Crippen molar-refractivity contribution in [3.8, 4) is 11.4 Å². The number of hydrogen-bond acceptors (Lipinski definition) is 5. The summed E-state index contributed by atoms with van der Waals surface area (Å²) in [6.07, 6.45) is 0.933. The molecular weight excluding hydrogens is 306 g/mol. The summed E-state index contributed by atoms with van der Waals surface area (Å²) >= 11 is 0. The number of anilines is 1. The number of carbonyl (C=O) groups is 1. The Bertz CT molecular complexity index is 668. The van der Waals surface area contributed by atoms with Crippen molar-refractivity contribution in [1.82, 2.24) is 30.0 Å². The minimum Gasteiger partial charge on any atom is -0.328 e. The van der Waals surface area contributed by atoms with Crippen LogP contribution in [-0.2, 0) is 6.54 Å². The van der Waals surface area contributed by atoms with Crippen LogP contribution in [0.2, 0.25) is 0 Å². The Kier molecular flexibility index (Phi) is 6.25. The number of rotatable bonds is 7. The molecule has 130 valence electrons. The maximum absolute atomic E-state index is 12.3. The third-order valence-electron chi connectivity index (χ3n) is 3.65. The first-order valence-electron chi connectivity index (χ1n) is 8.04. The lowest BCUT2D eigenvalue weighted by atomic mass is 10.2. The summed E-state index contributed by atoms with van der Waals surface area (Å²) < 4.78 is 1.72. The Morgan fingerprint density at radius 2 is 2.04 bits per heavy atom. The molecule has 24 heavy (non-hydrogen) atoms. The highest BCUT2D eigenvalue weighted by atomic mass is 16.2. The SMILES string of the molecule is CCn1nnnc1-c1cccc(NC(=O)N(C)CCCN(C)C)c1. The highest BCUT2D eigenvalue weighted by Gasteiger charge is 2.11. The van der Waals surface area contributed by atoms with Gasteiger partial charge in [0.25, 0.3) is 0 Å². The van der Waals surface area contributed by atoms with Gasteiger partial charge in [0.15, 0.2) is 5.82 Å². The van der Waals surface area contributed by atoms with Crippen molar-refractivity contribution in [3.63, 3.8) is 0 Å². The molecule has 0 fully saturated rings. The van der Waals surface area contributed by atoms with Gasteiger partial charge in [0.05, 0.1) is 0 Å². The van der Waals surface area contributed by atoms with Crippen LogP contribution in [0.5, 0.6) is 0 Å². The summed E-state index contributed by atoms with van der Waals surface area (Å²) in [6.45, 7) is 4.33. The number of tetrazole rings is 1. The van der Waals surface area contributed by atoms with Gasteiger partial charge in [-0.2, -0.15) is 0 Å². The summed E-state index contributed by atoms with van der Waals surface area (Å²) in [6, 6.07) is 7.42. The highest BCUT2D eigenvalue weighted by molar-refractivity contribution is 5.89. The zero-order chi connectivity index (χ0) is 17.5. The Labute approximate surface area is 142 Å². The van der Waals surface area contributed by atoms with Crippen molar-refractivity contribution in [3.05, 3.63) is 24.3 Å². The van der Waals surface area contributed by atoms with Crippen LogP contribution < -0.4 is 5.32 Å². The molecule has 0 saturated heterocycles. The number of aryl methyl sites for hydroxylation is 1. The Hall–Kier alpha value is -2.48. The largest absolute Gasteiger partial charge is 0.328 e. The molecule has 0 aliphatic carbocycles. The van der Waals surface area contributed by atoms with Crippen molar-refractivity contribution in [2.24, 2.45) is 0 Å². The average Bonchev–Trinajstić information content (AvgIpc) is 3.03. The van der Waals surface area contributed by atoms with E-state index in [1.807, 2.05) is 45.3 Å². The number of nitrogens with zero attached hydrogens (tertiary/aromatic N) is 6. The molecule has 8 heteroatoms. The summed E-state index contributed by atoms with van der Waals surface area (Å²) in [4.78, 5) is 16.1. The van der Waals surface area contributed by atoms with Crippen molar-refractivity contribution >= 4 is 11.7 Å². The number of hydrogen-bond donors (Lipinski definition) is 1. The minimum atomic E-state index is -0.124. The molecule has 0 aliphatic rings. The number of aromatic nitrogens is 4. The highest BCUT2D eigenvalue weighted by Crippen LogP contribution is 2.20. The van der Waals surface area contributed by atoms with E-state index in [1.165, 1.54) is 0 Å². The van der Waals surface area contributed by atoms with Gasteiger partial charge in [0.2, 0.25) is 0 Å². The summed E-state index contributed by atoms with van der Waals surface area (Å²) in [5, 5.41) is 14.6. The van der Waals surface area contributed by atoms with Crippen LogP contribution in [0.4, 0.5) is 10.5 Å². The van der Waals surface area contributed by atoms with Crippen LogP contribution in [0.25, 0.3) is 11.4 Å². The lowest BCUT2D eigenvalue weighted by Gasteiger charge is -2.19. The van der Waals surface area contributed by atoms with Gasteiger partial charge in [-0.05, 0) is 56.5 Å². The molecule has 1 N–H and O–H groups in total. The second-order valence-electron chi connectivity index (χ2n) is 5.91. The lowest BCUT2D eigenvalue weighted by molar-refractivity contribution is 0.220. The quantitative estimate of drug-likeness (QED) is 0.836. The molecule has 0 spiro atoms. The van der Waals surface area contributed by atoms with Gasteiger partial charge in [-0.25, -0.2) is 9.48 Å². The van der Waals surface area contributed by atoms with E-state index in [-0.39, 0.29) is 6.03 Å². The fourth-order valence-corrected chi connectivity index (χ4v) is 2.30. The maximum Gasteiger partial charge on any atom is 0.321 e. The predicted octanol–water partition coefficient (Wildman–Crippen LogP) is 1.78. The van der Waals surface area contributed by atoms with Crippen molar-refractivity contribution in [2.75, 3.05) is 39.5 Å². The third kappa shape index (κ3) is 4.76. The number of carbonyl (C=O) groups excluding carboxylic acids is 1. The molecule has 1 aromatic heterocycles. The molecule has 0 unspecified atom stereocenters. The number of benzene rings is 1. The maximum atomic E-state index is 12.3. The molecule has 8 nitrogen and oxygen atoms in total. The summed E-state index contributed by atoms with van der Waals surface area (Å²) in [5.74, 6) is 0.688. The molecule has 0 bridgehead atoms. The minimum absolute atomic E-state index is 0.124. The van der Waals surface area contributed by atoms with Crippen LogP contribution in [0.3, 0.4) is 0 Å². The molecule has 0 saturated carbocycles. The molecule has 2 aromatic rings. The van der Waals surface area contributed by atoms with Crippen LogP contribution in [0.1, 0.15) is 13.3 Å². The van der Waals surface area contributed by atoms with Gasteiger partial charge in [0.1, 0.15) is 0 Å². The normalized spacial score (nSPS) is 10.9. The monoisotopic (exact) mass is 331 g/mol. The predicted molar refractivity (Wildman–Crippen MR) is 93.7 cm³/mol. The van der Waals surface area contributed by atoms with Crippen LogP contribution in [0, 0.1) is 0 Å². The van der Waals surface area contributed by atoms with E-state index in [4.69, 9.17) is 0 Å². The first-order chi connectivity index (χ1) is 11.5. The molecule has 0 atom stereocenters. The molecule has 0 aliphatic heterocycles. The molecule has 0 radical (unpaired) electrons. The van der Waals surface area contributed by atoms with Crippen LogP contribution in [-0.4, -0.2) is 70.3 Å². The van der Waals surface area contributed by atoms with Crippen molar-refractivity contribution < 1.29 is 4.79 Å². The number of nitrogens with one attached hydrogen (secondary N) is 1. The number of amides is 2. The second-order valence-corrected chi connectivity index (χ2v) is 5.91. The standard InChI is InChI=1S/C16H25N7O/c1-5-23-15(18-19-20-23)13-8-6-9-14(12-13)17-16(24)22(4)11-7-10-21(2)3/h6,8-9,12H,5,7,10-11H2,1-4H3,(H,17,24).